The molecule has 1 unspecified atom stereocenters. The van der Waals surface area contributed by atoms with Gasteiger partial charge in [0.05, 0.1) is 6.04 Å². The summed E-state index contributed by atoms with van der Waals surface area (Å²) in [5.74, 6) is 0.238. The van der Waals surface area contributed by atoms with Gasteiger partial charge in [-0.05, 0) is 38.1 Å². The number of carbonyl (C=O) groups is 1. The molecular formula is C11H20N2O2. The maximum atomic E-state index is 11.8. The molecule has 4 nitrogen and oxygen atoms in total. The molecule has 2 N–H and O–H groups in total. The molecule has 0 aromatic heterocycles. The number of nitrogens with zero attached hydrogens (tertiary/aromatic N) is 1. The van der Waals surface area contributed by atoms with E-state index < -0.39 is 0 Å². The summed E-state index contributed by atoms with van der Waals surface area (Å²) in [6.07, 6.45) is 4.11. The highest BCUT2D eigenvalue weighted by Gasteiger charge is 2.45. The maximum absolute atomic E-state index is 11.8. The van der Waals surface area contributed by atoms with Gasteiger partial charge in [0.15, 0.2) is 0 Å². The maximum Gasteiger partial charge on any atom is 0.239 e. The first kappa shape index (κ1) is 10.9. The molecule has 1 atom stereocenters. The molecule has 1 heterocycles. The number of aliphatic hydroxyl groups excluding tert-OH is 1. The van der Waals surface area contributed by atoms with Crippen LogP contribution >= 0.6 is 0 Å². The van der Waals surface area contributed by atoms with Crippen LogP contribution in [0.2, 0.25) is 0 Å². The molecule has 0 aromatic rings. The van der Waals surface area contributed by atoms with Crippen molar-refractivity contribution in [3.8, 4) is 0 Å². The third kappa shape index (κ3) is 2.16. The molecule has 86 valence electrons. The minimum absolute atomic E-state index is 0.0231. The monoisotopic (exact) mass is 212 g/mol. The normalized spacial score (nSPS) is 28.5. The third-order valence-corrected chi connectivity index (χ3v) is 3.77. The van der Waals surface area contributed by atoms with Gasteiger partial charge in [-0.25, -0.2) is 0 Å². The van der Waals surface area contributed by atoms with Crippen LogP contribution in [0.25, 0.3) is 0 Å². The van der Waals surface area contributed by atoms with Crippen molar-refractivity contribution in [1.29, 1.82) is 0 Å². The van der Waals surface area contributed by atoms with Gasteiger partial charge < -0.3 is 15.3 Å². The summed E-state index contributed by atoms with van der Waals surface area (Å²) in [5, 5.41) is 12.0. The highest BCUT2D eigenvalue weighted by atomic mass is 16.3. The first-order valence-corrected chi connectivity index (χ1v) is 5.78. The van der Waals surface area contributed by atoms with Crippen molar-refractivity contribution in [1.82, 2.24) is 10.2 Å². The molecule has 4 heteroatoms. The Kier molecular flexibility index (Phi) is 2.98. The molecule has 1 aliphatic heterocycles. The average molecular weight is 212 g/mol. The molecule has 0 aromatic carbocycles. The lowest BCUT2D eigenvalue weighted by Gasteiger charge is -2.23. The van der Waals surface area contributed by atoms with Crippen LogP contribution in [0.5, 0.6) is 0 Å². The van der Waals surface area contributed by atoms with Crippen LogP contribution in [-0.2, 0) is 4.79 Å². The van der Waals surface area contributed by atoms with Crippen molar-refractivity contribution in [2.75, 3.05) is 26.7 Å². The highest BCUT2D eigenvalue weighted by Crippen LogP contribution is 2.49. The van der Waals surface area contributed by atoms with Gasteiger partial charge in [0, 0.05) is 19.7 Å². The topological polar surface area (TPSA) is 52.6 Å². The summed E-state index contributed by atoms with van der Waals surface area (Å²) >= 11 is 0. The lowest BCUT2D eigenvalue weighted by atomic mass is 10.0. The van der Waals surface area contributed by atoms with E-state index in [1.807, 2.05) is 11.9 Å². The average Bonchev–Trinajstić information content (AvgIpc) is 2.88. The van der Waals surface area contributed by atoms with Crippen LogP contribution in [-0.4, -0.2) is 48.7 Å². The van der Waals surface area contributed by atoms with E-state index in [0.29, 0.717) is 0 Å². The van der Waals surface area contributed by atoms with Gasteiger partial charge in [-0.1, -0.05) is 0 Å². The van der Waals surface area contributed by atoms with Crippen molar-refractivity contribution < 1.29 is 9.90 Å². The lowest BCUT2D eigenvalue weighted by Crippen LogP contribution is -2.39. The molecule has 1 saturated carbocycles. The zero-order valence-corrected chi connectivity index (χ0v) is 9.33. The SMILES string of the molecule is CNC1CCN(CC2(CCO)CC2)C1=O. The van der Waals surface area contributed by atoms with Crippen LogP contribution in [0.15, 0.2) is 0 Å². The first-order chi connectivity index (χ1) is 7.21. The fourth-order valence-electron chi connectivity index (χ4n) is 2.47. The Hall–Kier alpha value is -0.610. The molecule has 0 spiro atoms. The van der Waals surface area contributed by atoms with Gasteiger partial charge >= 0.3 is 0 Å². The van der Waals surface area contributed by atoms with Crippen LogP contribution < -0.4 is 5.32 Å². The summed E-state index contributed by atoms with van der Waals surface area (Å²) in [6.45, 7) is 1.97. The number of carbonyl (C=O) groups excluding carboxylic acids is 1. The number of rotatable bonds is 5. The van der Waals surface area contributed by atoms with E-state index in [-0.39, 0.29) is 24.0 Å². The van der Waals surface area contributed by atoms with Crippen molar-refractivity contribution in [2.45, 2.75) is 31.7 Å². The first-order valence-electron chi connectivity index (χ1n) is 5.78. The van der Waals surface area contributed by atoms with Crippen LogP contribution in [0.3, 0.4) is 0 Å². The number of likely N-dealkylation sites (tertiary alicyclic amines) is 1. The fraction of sp³-hybridized carbons (Fsp3) is 0.909. The van der Waals surface area contributed by atoms with Crippen LogP contribution in [0.1, 0.15) is 25.7 Å². The Balaban J connectivity index is 1.88. The van der Waals surface area contributed by atoms with E-state index >= 15 is 0 Å². The second kappa shape index (κ2) is 4.10. The van der Waals surface area contributed by atoms with Crippen LogP contribution in [0, 0.1) is 5.41 Å². The number of aliphatic hydroxyl groups is 1. The van der Waals surface area contributed by atoms with Gasteiger partial charge in [-0.2, -0.15) is 0 Å². The number of nitrogens with one attached hydrogen (secondary N) is 1. The Morgan fingerprint density at radius 1 is 1.60 bits per heavy atom. The van der Waals surface area contributed by atoms with Crippen LogP contribution in [0.4, 0.5) is 0 Å². The minimum Gasteiger partial charge on any atom is -0.396 e. The van der Waals surface area contributed by atoms with Gasteiger partial charge in [0.25, 0.3) is 0 Å². The molecule has 1 amide bonds. The molecular weight excluding hydrogens is 192 g/mol. The summed E-state index contributed by atoms with van der Waals surface area (Å²) < 4.78 is 0. The van der Waals surface area contributed by atoms with Crippen molar-refractivity contribution in [2.24, 2.45) is 5.41 Å². The van der Waals surface area contributed by atoms with Gasteiger partial charge in [-0.15, -0.1) is 0 Å². The molecule has 1 aliphatic carbocycles. The number of hydrogen-bond donors (Lipinski definition) is 2. The van der Waals surface area contributed by atoms with E-state index in [1.54, 1.807) is 0 Å². The van der Waals surface area contributed by atoms with Crippen molar-refractivity contribution >= 4 is 5.91 Å². The predicted molar refractivity (Wildman–Crippen MR) is 57.4 cm³/mol. The molecule has 2 fully saturated rings. The highest BCUT2D eigenvalue weighted by molar-refractivity contribution is 5.84. The van der Waals surface area contributed by atoms with E-state index in [1.165, 1.54) is 12.8 Å². The molecule has 2 rings (SSSR count). The minimum atomic E-state index is 0.0231. The Morgan fingerprint density at radius 3 is 2.80 bits per heavy atom. The van der Waals surface area contributed by atoms with Gasteiger partial charge in [-0.3, -0.25) is 4.79 Å². The largest absolute Gasteiger partial charge is 0.396 e. The lowest BCUT2D eigenvalue weighted by molar-refractivity contribution is -0.130. The van der Waals surface area contributed by atoms with Gasteiger partial charge in [0.2, 0.25) is 5.91 Å². The zero-order chi connectivity index (χ0) is 10.9. The quantitative estimate of drug-likeness (QED) is 0.673. The van der Waals surface area contributed by atoms with E-state index in [4.69, 9.17) is 5.11 Å². The van der Waals surface area contributed by atoms with Crippen molar-refractivity contribution in [3.63, 3.8) is 0 Å². The van der Waals surface area contributed by atoms with E-state index in [0.717, 1.165) is 25.9 Å². The fourth-order valence-corrected chi connectivity index (χ4v) is 2.47. The number of amides is 1. The Bertz CT molecular complexity index is 251. The summed E-state index contributed by atoms with van der Waals surface area (Å²) in [7, 11) is 1.84. The van der Waals surface area contributed by atoms with Gasteiger partial charge in [0.1, 0.15) is 0 Å². The molecule has 15 heavy (non-hydrogen) atoms. The molecule has 2 aliphatic rings. The second-order valence-corrected chi connectivity index (χ2v) is 4.86. The van der Waals surface area contributed by atoms with E-state index in [9.17, 15) is 4.79 Å². The summed E-state index contributed by atoms with van der Waals surface area (Å²) in [4.78, 5) is 13.8. The summed E-state index contributed by atoms with van der Waals surface area (Å²) in [5.41, 5.74) is 0.257. The predicted octanol–water partition coefficient (Wildman–Crippen LogP) is -0.0307. The smallest absolute Gasteiger partial charge is 0.239 e. The molecule has 1 saturated heterocycles. The molecule has 0 bridgehead atoms. The zero-order valence-electron chi connectivity index (χ0n) is 9.33. The number of hydrogen-bond acceptors (Lipinski definition) is 3. The van der Waals surface area contributed by atoms with Crippen molar-refractivity contribution in [3.05, 3.63) is 0 Å². The number of likely N-dealkylation sites (N-methyl/N-ethyl adjacent to an activating group) is 1. The molecule has 0 radical (unpaired) electrons. The standard InChI is InChI=1S/C11H20N2O2/c1-12-9-2-6-13(10(9)15)8-11(3-4-11)5-7-14/h9,12,14H,2-8H2,1H3. The Morgan fingerprint density at radius 2 is 2.33 bits per heavy atom. The second-order valence-electron chi connectivity index (χ2n) is 4.86. The van der Waals surface area contributed by atoms with E-state index in [2.05, 4.69) is 5.32 Å². The summed E-state index contributed by atoms with van der Waals surface area (Å²) in [6, 6.07) is 0.0231. The Labute approximate surface area is 90.6 Å². The third-order valence-electron chi connectivity index (χ3n) is 3.77.